The first kappa shape index (κ1) is 20.2. The van der Waals surface area contributed by atoms with E-state index in [9.17, 15) is 0 Å². The summed E-state index contributed by atoms with van der Waals surface area (Å²) in [7, 11) is 0. The first-order chi connectivity index (χ1) is 6.95. The minimum atomic E-state index is -2.21. The number of carboxylic acids is 2. The van der Waals surface area contributed by atoms with E-state index in [1.807, 2.05) is 0 Å². The molecule has 0 aromatic rings. The van der Waals surface area contributed by atoms with Gasteiger partial charge in [0.15, 0.2) is 0 Å². The van der Waals surface area contributed by atoms with Gasteiger partial charge in [-0.3, -0.25) is 15.3 Å². The Bertz CT molecular complexity index is 181. The van der Waals surface area contributed by atoms with E-state index in [1.54, 1.807) is 6.92 Å². The first-order valence-corrected chi connectivity index (χ1v) is 4.33. The maximum absolute atomic E-state index is 9.00. The van der Waals surface area contributed by atoms with Crippen molar-refractivity contribution in [1.29, 1.82) is 0 Å². The smallest absolute Gasteiger partial charge is 0.300 e. The number of carbonyl (C=O) groups is 2. The normalized spacial score (nSPS) is 11.2. The quantitative estimate of drug-likeness (QED) is 0.317. The van der Waals surface area contributed by atoms with Gasteiger partial charge in [-0.15, -0.1) is 0 Å². The number of nitrogens with two attached hydrogens (primary N) is 2. The number of carboxylic acid groups (broad SMARTS) is 2. The van der Waals surface area contributed by atoms with Crippen molar-refractivity contribution < 1.29 is 30.0 Å². The molecule has 0 spiro atoms. The van der Waals surface area contributed by atoms with Crippen molar-refractivity contribution in [2.45, 2.75) is 39.1 Å². The van der Waals surface area contributed by atoms with E-state index >= 15 is 0 Å². The minimum Gasteiger partial charge on any atom is -0.481 e. The zero-order valence-corrected chi connectivity index (χ0v) is 9.54. The lowest BCUT2D eigenvalue weighted by Crippen LogP contribution is -2.54. The molecular weight excluding hydrogens is 220 g/mol. The average molecular weight is 240 g/mol. The molecule has 0 heterocycles. The standard InChI is InChI=1S/C4H12N2O2.2C2H4O2/c1-2-3(5)4(6,7)8;2*1-2(3)4/h3,7-8H,2,5-6H2,1H3;2*1H3,(H,3,4). The van der Waals surface area contributed by atoms with Crippen LogP contribution in [0.1, 0.15) is 27.2 Å². The van der Waals surface area contributed by atoms with Crippen LogP contribution in [0.3, 0.4) is 0 Å². The Hall–Kier alpha value is -1.22. The van der Waals surface area contributed by atoms with Crippen molar-refractivity contribution in [2.75, 3.05) is 0 Å². The molecule has 0 bridgehead atoms. The SMILES string of the molecule is CC(=O)O.CC(=O)O.CCC(N)C(N)(O)O. The van der Waals surface area contributed by atoms with Gasteiger partial charge in [0.05, 0.1) is 6.04 Å². The summed E-state index contributed by atoms with van der Waals surface area (Å²) in [5.74, 6) is -3.88. The largest absolute Gasteiger partial charge is 0.481 e. The summed E-state index contributed by atoms with van der Waals surface area (Å²) in [5, 5.41) is 31.8. The van der Waals surface area contributed by atoms with Gasteiger partial charge in [-0.05, 0) is 6.42 Å². The Morgan fingerprint density at radius 3 is 1.38 bits per heavy atom. The highest BCUT2D eigenvalue weighted by atomic mass is 16.5. The van der Waals surface area contributed by atoms with Gasteiger partial charge in [0.1, 0.15) is 0 Å². The van der Waals surface area contributed by atoms with Crippen LogP contribution in [0.15, 0.2) is 0 Å². The lowest BCUT2D eigenvalue weighted by molar-refractivity contribution is -0.171. The zero-order valence-electron chi connectivity index (χ0n) is 9.54. The van der Waals surface area contributed by atoms with Gasteiger partial charge >= 0.3 is 0 Å². The zero-order chi connectivity index (χ0) is 13.9. The molecule has 0 amide bonds. The first-order valence-electron chi connectivity index (χ1n) is 4.33. The van der Waals surface area contributed by atoms with E-state index in [0.29, 0.717) is 6.42 Å². The Kier molecular flexibility index (Phi) is 13.0. The second-order valence-corrected chi connectivity index (χ2v) is 2.84. The number of aliphatic carboxylic acids is 2. The Morgan fingerprint density at radius 2 is 1.38 bits per heavy atom. The lowest BCUT2D eigenvalue weighted by atomic mass is 10.2. The van der Waals surface area contributed by atoms with E-state index in [4.69, 9.17) is 41.5 Å². The van der Waals surface area contributed by atoms with E-state index in [0.717, 1.165) is 13.8 Å². The summed E-state index contributed by atoms with van der Waals surface area (Å²) in [5.41, 5.74) is 9.90. The molecule has 1 unspecified atom stereocenters. The van der Waals surface area contributed by atoms with Crippen LogP contribution in [-0.2, 0) is 9.59 Å². The van der Waals surface area contributed by atoms with Gasteiger partial charge in [-0.1, -0.05) is 6.92 Å². The van der Waals surface area contributed by atoms with Crippen molar-refractivity contribution in [3.05, 3.63) is 0 Å². The monoisotopic (exact) mass is 240 g/mol. The van der Waals surface area contributed by atoms with Gasteiger partial charge in [-0.25, -0.2) is 0 Å². The van der Waals surface area contributed by atoms with Gasteiger partial charge in [0, 0.05) is 13.8 Å². The van der Waals surface area contributed by atoms with E-state index in [-0.39, 0.29) is 0 Å². The average Bonchev–Trinajstić information content (AvgIpc) is 1.98. The van der Waals surface area contributed by atoms with Crippen LogP contribution >= 0.6 is 0 Å². The summed E-state index contributed by atoms with van der Waals surface area (Å²) in [6, 6.07) is -0.762. The van der Waals surface area contributed by atoms with E-state index in [2.05, 4.69) is 0 Å². The van der Waals surface area contributed by atoms with Crippen molar-refractivity contribution in [3.8, 4) is 0 Å². The highest BCUT2D eigenvalue weighted by molar-refractivity contribution is 5.63. The Labute approximate surface area is 93.5 Å². The van der Waals surface area contributed by atoms with Gasteiger partial charge < -0.3 is 26.2 Å². The minimum absolute atomic E-state index is 0.448. The maximum atomic E-state index is 9.00. The fraction of sp³-hybridized carbons (Fsp3) is 0.750. The Morgan fingerprint density at radius 1 is 1.19 bits per heavy atom. The Balaban J connectivity index is -0.000000179. The third kappa shape index (κ3) is 38.6. The van der Waals surface area contributed by atoms with E-state index in [1.165, 1.54) is 0 Å². The van der Waals surface area contributed by atoms with Crippen LogP contribution in [-0.4, -0.2) is 44.3 Å². The molecule has 0 radical (unpaired) electrons. The molecular formula is C8H20N2O6. The number of aliphatic hydroxyl groups is 2. The predicted molar refractivity (Wildman–Crippen MR) is 56.2 cm³/mol. The second-order valence-electron chi connectivity index (χ2n) is 2.84. The molecule has 0 fully saturated rings. The number of hydrogen-bond acceptors (Lipinski definition) is 6. The molecule has 0 aromatic carbocycles. The summed E-state index contributed by atoms with van der Waals surface area (Å²) >= 11 is 0. The molecule has 98 valence electrons. The molecule has 0 aliphatic rings. The summed E-state index contributed by atoms with van der Waals surface area (Å²) < 4.78 is 0. The molecule has 8 N–H and O–H groups in total. The molecule has 0 saturated heterocycles. The number of hydrogen-bond donors (Lipinski definition) is 6. The van der Waals surface area contributed by atoms with Crippen molar-refractivity contribution in [1.82, 2.24) is 0 Å². The van der Waals surface area contributed by atoms with Crippen LogP contribution in [0, 0.1) is 0 Å². The van der Waals surface area contributed by atoms with Crippen LogP contribution in [0.5, 0.6) is 0 Å². The van der Waals surface area contributed by atoms with E-state index < -0.39 is 23.9 Å². The molecule has 0 aliphatic heterocycles. The summed E-state index contributed by atoms with van der Waals surface area (Å²) in [6.45, 7) is 3.89. The molecule has 8 heteroatoms. The van der Waals surface area contributed by atoms with Crippen LogP contribution < -0.4 is 11.5 Å². The summed E-state index contributed by atoms with van der Waals surface area (Å²) in [6.07, 6.45) is 0.448. The number of rotatable bonds is 2. The molecule has 16 heavy (non-hydrogen) atoms. The topological polar surface area (TPSA) is 167 Å². The fourth-order valence-corrected chi connectivity index (χ4v) is 0.300. The van der Waals surface area contributed by atoms with Crippen LogP contribution in [0.25, 0.3) is 0 Å². The molecule has 8 nitrogen and oxygen atoms in total. The predicted octanol–water partition coefficient (Wildman–Crippen LogP) is -1.50. The fourth-order valence-electron chi connectivity index (χ4n) is 0.300. The maximum Gasteiger partial charge on any atom is 0.300 e. The second kappa shape index (κ2) is 10.3. The van der Waals surface area contributed by atoms with Gasteiger partial charge in [-0.2, -0.15) is 0 Å². The van der Waals surface area contributed by atoms with Crippen LogP contribution in [0.2, 0.25) is 0 Å². The van der Waals surface area contributed by atoms with Crippen molar-refractivity contribution >= 4 is 11.9 Å². The molecule has 0 saturated carbocycles. The van der Waals surface area contributed by atoms with Crippen molar-refractivity contribution in [2.24, 2.45) is 11.5 Å². The lowest BCUT2D eigenvalue weighted by Gasteiger charge is -2.21. The molecule has 0 aliphatic carbocycles. The highest BCUT2D eigenvalue weighted by Gasteiger charge is 2.23. The highest BCUT2D eigenvalue weighted by Crippen LogP contribution is 1.97. The van der Waals surface area contributed by atoms with Crippen LogP contribution in [0.4, 0.5) is 0 Å². The van der Waals surface area contributed by atoms with Crippen molar-refractivity contribution in [3.63, 3.8) is 0 Å². The third-order valence-corrected chi connectivity index (χ3v) is 0.986. The molecule has 0 rings (SSSR count). The van der Waals surface area contributed by atoms with Gasteiger partial charge in [0.2, 0.25) is 5.91 Å². The molecule has 1 atom stereocenters. The summed E-state index contributed by atoms with van der Waals surface area (Å²) in [4.78, 5) is 18.0. The van der Waals surface area contributed by atoms with Gasteiger partial charge in [0.25, 0.3) is 11.9 Å². The molecule has 0 aromatic heterocycles. The third-order valence-electron chi connectivity index (χ3n) is 0.986.